The molecule has 0 aromatic heterocycles. The molecule has 7 heteroatoms. The summed E-state index contributed by atoms with van der Waals surface area (Å²) >= 11 is 0. The second-order valence-electron chi connectivity index (χ2n) is 7.09. The molecule has 162 valence electrons. The van der Waals surface area contributed by atoms with Gasteiger partial charge in [0.1, 0.15) is 0 Å². The molecule has 3 rings (SSSR count). The Bertz CT molecular complexity index is 789. The Labute approximate surface area is 196 Å². The first-order valence-electron chi connectivity index (χ1n) is 10.2. The van der Waals surface area contributed by atoms with Gasteiger partial charge in [0.15, 0.2) is 5.96 Å². The van der Waals surface area contributed by atoms with Crippen molar-refractivity contribution in [3.05, 3.63) is 71.3 Å². The van der Waals surface area contributed by atoms with Gasteiger partial charge < -0.3 is 20.3 Å². The molecule has 2 N–H and O–H groups in total. The SMILES string of the molecule is CN=C(NCCCC(=O)N1Cc2ccccc2C1)NCCOCc1ccccc1.I. The van der Waals surface area contributed by atoms with Crippen LogP contribution in [0.25, 0.3) is 0 Å². The van der Waals surface area contributed by atoms with E-state index in [4.69, 9.17) is 4.74 Å². The Morgan fingerprint density at radius 3 is 2.30 bits per heavy atom. The molecule has 0 aliphatic carbocycles. The number of hydrogen-bond donors (Lipinski definition) is 2. The molecular formula is C23H31IN4O2. The van der Waals surface area contributed by atoms with E-state index in [1.54, 1.807) is 7.05 Å². The van der Waals surface area contributed by atoms with E-state index >= 15 is 0 Å². The van der Waals surface area contributed by atoms with Gasteiger partial charge in [-0.1, -0.05) is 54.6 Å². The zero-order valence-corrected chi connectivity index (χ0v) is 19.8. The van der Waals surface area contributed by atoms with Crippen molar-refractivity contribution >= 4 is 35.8 Å². The summed E-state index contributed by atoms with van der Waals surface area (Å²) in [6.45, 7) is 4.05. The van der Waals surface area contributed by atoms with Gasteiger partial charge in [-0.25, -0.2) is 0 Å². The summed E-state index contributed by atoms with van der Waals surface area (Å²) < 4.78 is 5.66. The fourth-order valence-electron chi connectivity index (χ4n) is 3.34. The molecule has 0 atom stereocenters. The summed E-state index contributed by atoms with van der Waals surface area (Å²) in [6.07, 6.45) is 1.31. The normalized spacial score (nSPS) is 12.8. The predicted octanol–water partition coefficient (Wildman–Crippen LogP) is 3.31. The molecular weight excluding hydrogens is 491 g/mol. The number of carbonyl (C=O) groups excluding carboxylic acids is 1. The zero-order valence-electron chi connectivity index (χ0n) is 17.5. The molecule has 0 saturated heterocycles. The van der Waals surface area contributed by atoms with Gasteiger partial charge in [-0.3, -0.25) is 9.79 Å². The van der Waals surface area contributed by atoms with Crippen molar-refractivity contribution in [1.29, 1.82) is 0 Å². The maximum absolute atomic E-state index is 12.4. The van der Waals surface area contributed by atoms with E-state index in [1.165, 1.54) is 16.7 Å². The summed E-state index contributed by atoms with van der Waals surface area (Å²) in [6, 6.07) is 18.4. The summed E-state index contributed by atoms with van der Waals surface area (Å²) in [5.41, 5.74) is 3.69. The molecule has 30 heavy (non-hydrogen) atoms. The Hall–Kier alpha value is -2.13. The minimum absolute atomic E-state index is 0. The van der Waals surface area contributed by atoms with Gasteiger partial charge in [-0.05, 0) is 23.1 Å². The lowest BCUT2D eigenvalue weighted by atomic mass is 10.1. The van der Waals surface area contributed by atoms with E-state index in [1.807, 2.05) is 35.2 Å². The molecule has 1 aliphatic heterocycles. The average Bonchev–Trinajstić information content (AvgIpc) is 3.20. The molecule has 0 saturated carbocycles. The molecule has 0 bridgehead atoms. The number of carbonyl (C=O) groups is 1. The molecule has 2 aromatic carbocycles. The Kier molecular flexibility index (Phi) is 10.6. The van der Waals surface area contributed by atoms with Crippen molar-refractivity contribution in [3.63, 3.8) is 0 Å². The molecule has 0 spiro atoms. The molecule has 0 unspecified atom stereocenters. The fourth-order valence-corrected chi connectivity index (χ4v) is 3.34. The van der Waals surface area contributed by atoms with Crippen molar-refractivity contribution in [3.8, 4) is 0 Å². The van der Waals surface area contributed by atoms with Gasteiger partial charge >= 0.3 is 0 Å². The van der Waals surface area contributed by atoms with Crippen molar-refractivity contribution in [1.82, 2.24) is 15.5 Å². The van der Waals surface area contributed by atoms with E-state index in [9.17, 15) is 4.79 Å². The van der Waals surface area contributed by atoms with Gasteiger partial charge in [-0.2, -0.15) is 0 Å². The van der Waals surface area contributed by atoms with Crippen LogP contribution in [-0.2, 0) is 29.2 Å². The Morgan fingerprint density at radius 1 is 1.00 bits per heavy atom. The summed E-state index contributed by atoms with van der Waals surface area (Å²) in [5.74, 6) is 0.939. The van der Waals surface area contributed by atoms with Gasteiger partial charge in [0.25, 0.3) is 0 Å². The summed E-state index contributed by atoms with van der Waals surface area (Å²) in [4.78, 5) is 18.6. The smallest absolute Gasteiger partial charge is 0.223 e. The van der Waals surface area contributed by atoms with E-state index < -0.39 is 0 Å². The largest absolute Gasteiger partial charge is 0.375 e. The zero-order chi connectivity index (χ0) is 20.3. The second kappa shape index (κ2) is 13.2. The fraction of sp³-hybridized carbons (Fsp3) is 0.391. The summed E-state index contributed by atoms with van der Waals surface area (Å²) in [5, 5.41) is 6.48. The van der Waals surface area contributed by atoms with E-state index in [2.05, 4.69) is 39.9 Å². The first kappa shape index (κ1) is 24.1. The average molecular weight is 522 g/mol. The molecule has 1 aliphatic rings. The molecule has 0 radical (unpaired) electrons. The third kappa shape index (κ3) is 7.60. The minimum atomic E-state index is 0. The maximum atomic E-state index is 12.4. The van der Waals surface area contributed by atoms with Crippen LogP contribution in [0.1, 0.15) is 29.5 Å². The third-order valence-electron chi connectivity index (χ3n) is 4.93. The van der Waals surface area contributed by atoms with Gasteiger partial charge in [0.2, 0.25) is 5.91 Å². The van der Waals surface area contributed by atoms with Crippen molar-refractivity contribution in [2.24, 2.45) is 4.99 Å². The number of amides is 1. The number of nitrogens with one attached hydrogen (secondary N) is 2. The van der Waals surface area contributed by atoms with E-state index in [0.29, 0.717) is 32.7 Å². The number of nitrogens with zero attached hydrogens (tertiary/aromatic N) is 2. The van der Waals surface area contributed by atoms with Crippen LogP contribution in [0.5, 0.6) is 0 Å². The highest BCUT2D eigenvalue weighted by Crippen LogP contribution is 2.22. The lowest BCUT2D eigenvalue weighted by Crippen LogP contribution is -2.39. The number of guanidine groups is 1. The molecule has 6 nitrogen and oxygen atoms in total. The van der Waals surface area contributed by atoms with E-state index in [0.717, 1.165) is 25.5 Å². The number of fused-ring (bicyclic) bond motifs is 1. The van der Waals surface area contributed by atoms with Gasteiger partial charge in [0, 0.05) is 39.6 Å². The van der Waals surface area contributed by atoms with Gasteiger partial charge in [0.05, 0.1) is 13.2 Å². The molecule has 2 aromatic rings. The van der Waals surface area contributed by atoms with Crippen molar-refractivity contribution in [2.45, 2.75) is 32.5 Å². The van der Waals surface area contributed by atoms with E-state index in [-0.39, 0.29) is 29.9 Å². The van der Waals surface area contributed by atoms with Crippen molar-refractivity contribution < 1.29 is 9.53 Å². The van der Waals surface area contributed by atoms with Crippen LogP contribution in [0.3, 0.4) is 0 Å². The Balaban J connectivity index is 0.00000320. The number of rotatable bonds is 9. The van der Waals surface area contributed by atoms with Crippen LogP contribution in [0.15, 0.2) is 59.6 Å². The monoisotopic (exact) mass is 522 g/mol. The molecule has 1 heterocycles. The van der Waals surface area contributed by atoms with Crippen LogP contribution in [-0.4, -0.2) is 43.5 Å². The highest BCUT2D eigenvalue weighted by molar-refractivity contribution is 14.0. The van der Waals surface area contributed by atoms with Crippen LogP contribution < -0.4 is 10.6 Å². The first-order valence-corrected chi connectivity index (χ1v) is 10.2. The van der Waals surface area contributed by atoms with Crippen LogP contribution in [0.4, 0.5) is 0 Å². The highest BCUT2D eigenvalue weighted by Gasteiger charge is 2.22. The first-order chi connectivity index (χ1) is 14.3. The molecule has 1 amide bonds. The number of hydrogen-bond acceptors (Lipinski definition) is 3. The number of ether oxygens (including phenoxy) is 1. The second-order valence-corrected chi connectivity index (χ2v) is 7.09. The number of benzene rings is 2. The Morgan fingerprint density at radius 2 is 1.63 bits per heavy atom. The predicted molar refractivity (Wildman–Crippen MR) is 131 cm³/mol. The highest BCUT2D eigenvalue weighted by atomic mass is 127. The quantitative estimate of drug-likeness (QED) is 0.230. The van der Waals surface area contributed by atoms with Crippen molar-refractivity contribution in [2.75, 3.05) is 26.7 Å². The number of aliphatic imine (C=N–C) groups is 1. The van der Waals surface area contributed by atoms with Crippen LogP contribution in [0.2, 0.25) is 0 Å². The lowest BCUT2D eigenvalue weighted by molar-refractivity contribution is -0.131. The third-order valence-corrected chi connectivity index (χ3v) is 4.93. The standard InChI is InChI=1S/C23H30N4O2.HI/c1-24-23(26-14-15-29-18-19-8-3-2-4-9-19)25-13-7-12-22(28)27-16-20-10-5-6-11-21(20)17-27;/h2-6,8-11H,7,12-18H2,1H3,(H2,24,25,26);1H. The number of halogens is 1. The molecule has 0 fully saturated rings. The summed E-state index contributed by atoms with van der Waals surface area (Å²) in [7, 11) is 1.74. The minimum Gasteiger partial charge on any atom is -0.375 e. The van der Waals surface area contributed by atoms with Crippen LogP contribution >= 0.6 is 24.0 Å². The maximum Gasteiger partial charge on any atom is 0.223 e. The topological polar surface area (TPSA) is 66.0 Å². The van der Waals surface area contributed by atoms with Crippen LogP contribution in [0, 0.1) is 0 Å². The van der Waals surface area contributed by atoms with Gasteiger partial charge in [-0.15, -0.1) is 24.0 Å². The lowest BCUT2D eigenvalue weighted by Gasteiger charge is -2.16.